The van der Waals surface area contributed by atoms with Gasteiger partial charge in [0.2, 0.25) is 0 Å². The Hall–Kier alpha value is -2.73. The normalized spacial score (nSPS) is 9.96. The average molecular weight is 350 g/mol. The first kappa shape index (κ1) is 17.6. The number of methoxy groups -OCH3 is 2. The van der Waals surface area contributed by atoms with E-state index in [0.29, 0.717) is 22.2 Å². The number of hydrogen-bond acceptors (Lipinski definition) is 5. The van der Waals surface area contributed by atoms with Crippen LogP contribution >= 0.6 is 11.6 Å². The van der Waals surface area contributed by atoms with Crippen molar-refractivity contribution in [3.05, 3.63) is 53.1 Å². The summed E-state index contributed by atoms with van der Waals surface area (Å²) < 4.78 is 15.2. The van der Waals surface area contributed by atoms with Crippen LogP contribution in [0.1, 0.15) is 10.4 Å². The van der Waals surface area contributed by atoms with E-state index >= 15 is 0 Å². The van der Waals surface area contributed by atoms with Crippen LogP contribution in [0.5, 0.6) is 11.5 Å². The molecule has 0 saturated heterocycles. The number of halogens is 1. The van der Waals surface area contributed by atoms with Crippen molar-refractivity contribution < 1.29 is 23.8 Å². The molecular formula is C17H16ClNO5. The zero-order valence-corrected chi connectivity index (χ0v) is 13.9. The van der Waals surface area contributed by atoms with E-state index in [1.54, 1.807) is 36.4 Å². The lowest BCUT2D eigenvalue weighted by Crippen LogP contribution is -2.21. The number of nitrogens with one attached hydrogen (secondary N) is 1. The minimum atomic E-state index is -0.688. The number of rotatable bonds is 6. The summed E-state index contributed by atoms with van der Waals surface area (Å²) in [6.07, 6.45) is 0. The molecule has 24 heavy (non-hydrogen) atoms. The molecule has 0 saturated carbocycles. The molecule has 0 spiro atoms. The van der Waals surface area contributed by atoms with Crippen molar-refractivity contribution in [2.75, 3.05) is 26.1 Å². The van der Waals surface area contributed by atoms with Crippen LogP contribution in [0.4, 0.5) is 5.69 Å². The second kappa shape index (κ2) is 8.21. The molecule has 1 N–H and O–H groups in total. The Kier molecular flexibility index (Phi) is 6.03. The Morgan fingerprint density at radius 2 is 1.88 bits per heavy atom. The van der Waals surface area contributed by atoms with E-state index in [9.17, 15) is 9.59 Å². The van der Waals surface area contributed by atoms with Gasteiger partial charge < -0.3 is 19.5 Å². The maximum atomic E-state index is 12.1. The molecule has 126 valence electrons. The molecule has 6 nitrogen and oxygen atoms in total. The van der Waals surface area contributed by atoms with Gasteiger partial charge >= 0.3 is 5.97 Å². The Morgan fingerprint density at radius 3 is 2.54 bits per heavy atom. The van der Waals surface area contributed by atoms with E-state index in [1.807, 2.05) is 0 Å². The lowest BCUT2D eigenvalue weighted by Gasteiger charge is -2.10. The molecule has 0 radical (unpaired) electrons. The molecule has 2 aromatic rings. The Balaban J connectivity index is 1.98. The molecule has 0 aliphatic rings. The molecule has 0 fully saturated rings. The molecule has 0 aromatic heterocycles. The molecule has 2 aromatic carbocycles. The van der Waals surface area contributed by atoms with Crippen LogP contribution < -0.4 is 14.8 Å². The number of carbonyl (C=O) groups excluding carboxylic acids is 2. The maximum absolute atomic E-state index is 12.1. The third-order valence-electron chi connectivity index (χ3n) is 3.07. The van der Waals surface area contributed by atoms with Gasteiger partial charge in [-0.3, -0.25) is 4.79 Å². The number of esters is 1. The second-order valence-electron chi connectivity index (χ2n) is 4.70. The Bertz CT molecular complexity index is 748. The molecular weight excluding hydrogens is 334 g/mol. The molecule has 2 rings (SSSR count). The predicted octanol–water partition coefficient (Wildman–Crippen LogP) is 3.15. The van der Waals surface area contributed by atoms with Crippen molar-refractivity contribution in [1.29, 1.82) is 0 Å². The number of hydrogen-bond donors (Lipinski definition) is 1. The van der Waals surface area contributed by atoms with Crippen LogP contribution in [-0.4, -0.2) is 32.7 Å². The summed E-state index contributed by atoms with van der Waals surface area (Å²) in [4.78, 5) is 24.0. The summed E-state index contributed by atoms with van der Waals surface area (Å²) >= 11 is 5.84. The van der Waals surface area contributed by atoms with Gasteiger partial charge in [-0.05, 0) is 36.4 Å². The van der Waals surface area contributed by atoms with Crippen molar-refractivity contribution in [2.24, 2.45) is 0 Å². The topological polar surface area (TPSA) is 73.9 Å². The third kappa shape index (κ3) is 4.63. The van der Waals surface area contributed by atoms with E-state index in [0.717, 1.165) is 0 Å². The molecule has 0 aliphatic heterocycles. The van der Waals surface area contributed by atoms with Crippen LogP contribution in [0, 0.1) is 0 Å². The first-order chi connectivity index (χ1) is 11.5. The highest BCUT2D eigenvalue weighted by molar-refractivity contribution is 6.30. The summed E-state index contributed by atoms with van der Waals surface area (Å²) in [5.41, 5.74) is 0.690. The first-order valence-corrected chi connectivity index (χ1v) is 7.36. The fourth-order valence-electron chi connectivity index (χ4n) is 1.95. The molecule has 0 atom stereocenters. The monoisotopic (exact) mass is 349 g/mol. The summed E-state index contributed by atoms with van der Waals surface area (Å²) in [5.74, 6) is -0.360. The molecule has 0 heterocycles. The van der Waals surface area contributed by atoms with Gasteiger partial charge in [0.05, 0.1) is 14.2 Å². The Labute approximate surface area is 144 Å². The smallest absolute Gasteiger partial charge is 0.342 e. The fourth-order valence-corrected chi connectivity index (χ4v) is 2.14. The zero-order chi connectivity index (χ0) is 17.5. The highest BCUT2D eigenvalue weighted by Crippen LogP contribution is 2.24. The van der Waals surface area contributed by atoms with Crippen LogP contribution in [-0.2, 0) is 9.53 Å². The minimum absolute atomic E-state index is 0.174. The fraction of sp³-hybridized carbons (Fsp3) is 0.176. The highest BCUT2D eigenvalue weighted by Gasteiger charge is 2.16. The van der Waals surface area contributed by atoms with Gasteiger partial charge in [0.25, 0.3) is 5.91 Å². The van der Waals surface area contributed by atoms with E-state index in [-0.39, 0.29) is 5.56 Å². The van der Waals surface area contributed by atoms with Crippen molar-refractivity contribution >= 4 is 29.2 Å². The number of ether oxygens (including phenoxy) is 3. The molecule has 7 heteroatoms. The molecule has 1 amide bonds. The lowest BCUT2D eigenvalue weighted by atomic mass is 10.2. The minimum Gasteiger partial charge on any atom is -0.497 e. The van der Waals surface area contributed by atoms with Gasteiger partial charge in [0.1, 0.15) is 17.1 Å². The first-order valence-electron chi connectivity index (χ1n) is 6.98. The predicted molar refractivity (Wildman–Crippen MR) is 89.9 cm³/mol. The lowest BCUT2D eigenvalue weighted by molar-refractivity contribution is -0.119. The second-order valence-corrected chi connectivity index (χ2v) is 5.14. The number of amides is 1. The molecule has 0 unspecified atom stereocenters. The van der Waals surface area contributed by atoms with Crippen molar-refractivity contribution in [2.45, 2.75) is 0 Å². The van der Waals surface area contributed by atoms with Crippen LogP contribution in [0.15, 0.2) is 42.5 Å². The standard InChI is InChI=1S/C17H16ClNO5/c1-22-13-6-7-15(23-2)14(9-13)17(21)24-10-16(20)19-12-5-3-4-11(18)8-12/h3-9H,10H2,1-2H3,(H,19,20). The molecule has 0 aliphatic carbocycles. The van der Waals surface area contributed by atoms with E-state index < -0.39 is 18.5 Å². The summed E-state index contributed by atoms with van der Waals surface area (Å²) in [7, 11) is 2.92. The summed E-state index contributed by atoms with van der Waals surface area (Å²) in [6.45, 7) is -0.439. The number of carbonyl (C=O) groups is 2. The van der Waals surface area contributed by atoms with E-state index in [1.165, 1.54) is 20.3 Å². The van der Waals surface area contributed by atoms with Gasteiger partial charge in [-0.15, -0.1) is 0 Å². The average Bonchev–Trinajstić information content (AvgIpc) is 2.59. The van der Waals surface area contributed by atoms with E-state index in [2.05, 4.69) is 5.32 Å². The van der Waals surface area contributed by atoms with Crippen LogP contribution in [0.3, 0.4) is 0 Å². The van der Waals surface area contributed by atoms with Crippen LogP contribution in [0.2, 0.25) is 5.02 Å². The molecule has 0 bridgehead atoms. The number of anilines is 1. The largest absolute Gasteiger partial charge is 0.497 e. The van der Waals surface area contributed by atoms with Gasteiger partial charge in [0, 0.05) is 10.7 Å². The summed E-state index contributed by atoms with van der Waals surface area (Å²) in [6, 6.07) is 11.4. The Morgan fingerprint density at radius 1 is 1.08 bits per heavy atom. The maximum Gasteiger partial charge on any atom is 0.342 e. The van der Waals surface area contributed by atoms with Crippen molar-refractivity contribution in [1.82, 2.24) is 0 Å². The van der Waals surface area contributed by atoms with Gasteiger partial charge in [-0.2, -0.15) is 0 Å². The van der Waals surface area contributed by atoms with E-state index in [4.69, 9.17) is 25.8 Å². The van der Waals surface area contributed by atoms with Crippen molar-refractivity contribution in [3.8, 4) is 11.5 Å². The van der Waals surface area contributed by atoms with Gasteiger partial charge in [-0.1, -0.05) is 17.7 Å². The third-order valence-corrected chi connectivity index (χ3v) is 3.30. The van der Waals surface area contributed by atoms with Gasteiger partial charge in [-0.25, -0.2) is 4.79 Å². The quantitative estimate of drug-likeness (QED) is 0.811. The SMILES string of the molecule is COc1ccc(OC)c(C(=O)OCC(=O)Nc2cccc(Cl)c2)c1. The summed E-state index contributed by atoms with van der Waals surface area (Å²) in [5, 5.41) is 3.08. The van der Waals surface area contributed by atoms with Crippen molar-refractivity contribution in [3.63, 3.8) is 0 Å². The highest BCUT2D eigenvalue weighted by atomic mass is 35.5. The zero-order valence-electron chi connectivity index (χ0n) is 13.2. The van der Waals surface area contributed by atoms with Crippen LogP contribution in [0.25, 0.3) is 0 Å². The number of benzene rings is 2. The van der Waals surface area contributed by atoms with Gasteiger partial charge in [0.15, 0.2) is 6.61 Å².